The van der Waals surface area contributed by atoms with E-state index in [2.05, 4.69) is 10.1 Å². The van der Waals surface area contributed by atoms with Crippen molar-refractivity contribution >= 4 is 5.97 Å². The Balaban J connectivity index is 1.77. The molecule has 19 heavy (non-hydrogen) atoms. The van der Waals surface area contributed by atoms with E-state index in [9.17, 15) is 4.79 Å². The average Bonchev–Trinajstić information content (AvgIpc) is 2.76. The minimum absolute atomic E-state index is 0.161. The molecular weight excluding hydrogens is 248 g/mol. The van der Waals surface area contributed by atoms with Crippen molar-refractivity contribution in [2.75, 3.05) is 13.2 Å². The number of aromatic nitrogens is 2. The van der Waals surface area contributed by atoms with Crippen molar-refractivity contribution in [3.63, 3.8) is 0 Å². The Morgan fingerprint density at radius 3 is 2.63 bits per heavy atom. The summed E-state index contributed by atoms with van der Waals surface area (Å²) in [6.45, 7) is 5.30. The molecule has 0 bridgehead atoms. The molecule has 2 unspecified atom stereocenters. The van der Waals surface area contributed by atoms with E-state index in [1.165, 1.54) is 0 Å². The number of nitrogens with zero attached hydrogens (tertiary/aromatic N) is 2. The molecule has 2 heterocycles. The van der Waals surface area contributed by atoms with Gasteiger partial charge in [0.15, 0.2) is 5.82 Å². The van der Waals surface area contributed by atoms with Crippen molar-refractivity contribution in [2.45, 2.75) is 38.5 Å². The molecule has 0 amide bonds. The summed E-state index contributed by atoms with van der Waals surface area (Å²) < 4.78 is 10.6. The summed E-state index contributed by atoms with van der Waals surface area (Å²) >= 11 is 0. The second-order valence-corrected chi connectivity index (χ2v) is 5.99. The first-order valence-corrected chi connectivity index (χ1v) is 6.66. The highest BCUT2D eigenvalue weighted by Crippen LogP contribution is 2.64. The zero-order chi connectivity index (χ0) is 13.6. The van der Waals surface area contributed by atoms with Crippen LogP contribution in [0.3, 0.4) is 0 Å². The first-order chi connectivity index (χ1) is 9.01. The molecule has 3 rings (SSSR count). The lowest BCUT2D eigenvalue weighted by Gasteiger charge is -2.18. The van der Waals surface area contributed by atoms with Crippen molar-refractivity contribution in [3.05, 3.63) is 11.7 Å². The Morgan fingerprint density at radius 2 is 2.05 bits per heavy atom. The van der Waals surface area contributed by atoms with Crippen LogP contribution in [0.5, 0.6) is 0 Å². The smallest absolute Gasteiger partial charge is 0.307 e. The topological polar surface area (TPSA) is 85.5 Å². The summed E-state index contributed by atoms with van der Waals surface area (Å²) in [4.78, 5) is 15.6. The highest BCUT2D eigenvalue weighted by atomic mass is 16.5. The lowest BCUT2D eigenvalue weighted by molar-refractivity contribution is -0.139. The van der Waals surface area contributed by atoms with Gasteiger partial charge in [-0.3, -0.25) is 4.79 Å². The molecule has 1 saturated carbocycles. The number of carboxylic acids is 1. The number of carbonyl (C=O) groups is 1. The molecule has 1 aliphatic carbocycles. The number of hydrogen-bond acceptors (Lipinski definition) is 5. The van der Waals surface area contributed by atoms with Gasteiger partial charge < -0.3 is 14.4 Å². The Kier molecular flexibility index (Phi) is 2.85. The molecule has 0 radical (unpaired) electrons. The second kappa shape index (κ2) is 4.30. The fourth-order valence-electron chi connectivity index (χ4n) is 3.05. The standard InChI is InChI=1S/C13H18N2O4/c1-13(2)8(9(13)12(16)17)11-14-10(15-19-11)7-3-5-18-6-4-7/h7-9H,3-6H2,1-2H3,(H,16,17). The van der Waals surface area contributed by atoms with E-state index in [1.54, 1.807) is 0 Å². The van der Waals surface area contributed by atoms with Crippen LogP contribution in [0.4, 0.5) is 0 Å². The van der Waals surface area contributed by atoms with Crippen LogP contribution in [0.25, 0.3) is 0 Å². The molecule has 0 aromatic carbocycles. The van der Waals surface area contributed by atoms with Crippen LogP contribution in [0.1, 0.15) is 50.2 Å². The Morgan fingerprint density at radius 1 is 1.37 bits per heavy atom. The van der Waals surface area contributed by atoms with Crippen LogP contribution in [0.15, 0.2) is 4.52 Å². The molecule has 1 aromatic rings. The number of carboxylic acid groups (broad SMARTS) is 1. The zero-order valence-corrected chi connectivity index (χ0v) is 11.1. The molecular formula is C13H18N2O4. The van der Waals surface area contributed by atoms with Gasteiger partial charge in [-0.25, -0.2) is 0 Å². The Hall–Kier alpha value is -1.43. The van der Waals surface area contributed by atoms with Crippen LogP contribution in [-0.4, -0.2) is 34.4 Å². The molecule has 1 aromatic heterocycles. The summed E-state index contributed by atoms with van der Waals surface area (Å²) in [7, 11) is 0. The first-order valence-electron chi connectivity index (χ1n) is 6.66. The highest BCUT2D eigenvalue weighted by Gasteiger charge is 2.65. The molecule has 1 aliphatic heterocycles. The van der Waals surface area contributed by atoms with Crippen molar-refractivity contribution in [2.24, 2.45) is 11.3 Å². The summed E-state index contributed by atoms with van der Waals surface area (Å²) in [6.07, 6.45) is 1.80. The number of ether oxygens (including phenoxy) is 1. The van der Waals surface area contributed by atoms with Crippen molar-refractivity contribution in [1.29, 1.82) is 0 Å². The van der Waals surface area contributed by atoms with Gasteiger partial charge in [-0.15, -0.1) is 0 Å². The van der Waals surface area contributed by atoms with E-state index in [1.807, 2.05) is 13.8 Å². The summed E-state index contributed by atoms with van der Waals surface area (Å²) in [6, 6.07) is 0. The summed E-state index contributed by atoms with van der Waals surface area (Å²) in [5.41, 5.74) is -0.300. The Labute approximate surface area is 111 Å². The minimum atomic E-state index is -0.791. The lowest BCUT2D eigenvalue weighted by atomic mass is 10.00. The zero-order valence-electron chi connectivity index (χ0n) is 11.1. The second-order valence-electron chi connectivity index (χ2n) is 5.99. The van der Waals surface area contributed by atoms with Gasteiger partial charge in [0.05, 0.1) is 11.8 Å². The van der Waals surface area contributed by atoms with Gasteiger partial charge in [0.25, 0.3) is 0 Å². The summed E-state index contributed by atoms with van der Waals surface area (Å²) in [5, 5.41) is 13.2. The summed E-state index contributed by atoms with van der Waals surface area (Å²) in [5.74, 6) is 0.0721. The monoisotopic (exact) mass is 266 g/mol. The van der Waals surface area contributed by atoms with Crippen LogP contribution in [0, 0.1) is 11.3 Å². The highest BCUT2D eigenvalue weighted by molar-refractivity contribution is 5.77. The van der Waals surface area contributed by atoms with E-state index in [4.69, 9.17) is 14.4 Å². The van der Waals surface area contributed by atoms with Gasteiger partial charge in [0.2, 0.25) is 5.89 Å². The predicted molar refractivity (Wildman–Crippen MR) is 64.7 cm³/mol. The molecule has 2 atom stereocenters. The number of rotatable bonds is 3. The molecule has 0 spiro atoms. The molecule has 6 nitrogen and oxygen atoms in total. The van der Waals surface area contributed by atoms with Gasteiger partial charge in [0.1, 0.15) is 0 Å². The third-order valence-electron chi connectivity index (χ3n) is 4.40. The largest absolute Gasteiger partial charge is 0.481 e. The Bertz CT molecular complexity index is 491. The fraction of sp³-hybridized carbons (Fsp3) is 0.769. The lowest BCUT2D eigenvalue weighted by Crippen LogP contribution is -2.15. The van der Waals surface area contributed by atoms with Gasteiger partial charge in [0, 0.05) is 19.1 Å². The normalized spacial score (nSPS) is 30.2. The fourth-order valence-corrected chi connectivity index (χ4v) is 3.05. The van der Waals surface area contributed by atoms with Gasteiger partial charge in [-0.1, -0.05) is 19.0 Å². The molecule has 2 aliphatic rings. The number of hydrogen-bond donors (Lipinski definition) is 1. The van der Waals surface area contributed by atoms with Crippen molar-refractivity contribution in [3.8, 4) is 0 Å². The third-order valence-corrected chi connectivity index (χ3v) is 4.40. The maximum Gasteiger partial charge on any atom is 0.307 e. The van der Waals surface area contributed by atoms with Crippen LogP contribution >= 0.6 is 0 Å². The molecule has 1 N–H and O–H groups in total. The maximum atomic E-state index is 11.2. The maximum absolute atomic E-state index is 11.2. The van der Waals surface area contributed by atoms with Crippen LogP contribution in [-0.2, 0) is 9.53 Å². The SMILES string of the molecule is CC1(C)C(C(=O)O)C1c1nc(C2CCOCC2)no1. The van der Waals surface area contributed by atoms with E-state index >= 15 is 0 Å². The van der Waals surface area contributed by atoms with Crippen LogP contribution in [0.2, 0.25) is 0 Å². The average molecular weight is 266 g/mol. The van der Waals surface area contributed by atoms with E-state index in [0.29, 0.717) is 11.7 Å². The molecule has 2 fully saturated rings. The van der Waals surface area contributed by atoms with Crippen molar-refractivity contribution < 1.29 is 19.2 Å². The van der Waals surface area contributed by atoms with E-state index in [0.717, 1.165) is 26.1 Å². The van der Waals surface area contributed by atoms with Crippen LogP contribution < -0.4 is 0 Å². The third kappa shape index (κ3) is 2.04. The van der Waals surface area contributed by atoms with E-state index < -0.39 is 11.9 Å². The minimum Gasteiger partial charge on any atom is -0.481 e. The first kappa shape index (κ1) is 12.6. The van der Waals surface area contributed by atoms with Crippen molar-refractivity contribution in [1.82, 2.24) is 10.1 Å². The van der Waals surface area contributed by atoms with Gasteiger partial charge >= 0.3 is 5.97 Å². The number of aliphatic carboxylic acids is 1. The molecule has 104 valence electrons. The quantitative estimate of drug-likeness (QED) is 0.897. The van der Waals surface area contributed by atoms with E-state index in [-0.39, 0.29) is 17.3 Å². The van der Waals surface area contributed by atoms with Gasteiger partial charge in [-0.05, 0) is 18.3 Å². The molecule has 6 heteroatoms. The predicted octanol–water partition coefficient (Wildman–Crippen LogP) is 1.79. The molecule has 1 saturated heterocycles. The van der Waals surface area contributed by atoms with Gasteiger partial charge in [-0.2, -0.15) is 4.98 Å².